The highest BCUT2D eigenvalue weighted by Gasteiger charge is 2.25. The molecule has 2 amide bonds. The fourth-order valence-electron chi connectivity index (χ4n) is 4.30. The summed E-state index contributed by atoms with van der Waals surface area (Å²) in [7, 11) is 1.37. The molecule has 1 aliphatic carbocycles. The number of methoxy groups -OCH3 is 1. The van der Waals surface area contributed by atoms with Crippen LogP contribution in [-0.2, 0) is 22.6 Å². The van der Waals surface area contributed by atoms with E-state index in [-0.39, 0.29) is 41.2 Å². The van der Waals surface area contributed by atoms with Crippen molar-refractivity contribution in [3.05, 3.63) is 64.2 Å². The molecule has 3 rings (SSSR count). The van der Waals surface area contributed by atoms with E-state index in [4.69, 9.17) is 22.1 Å². The van der Waals surface area contributed by atoms with Gasteiger partial charge in [-0.2, -0.15) is 0 Å². The molecule has 2 aromatic rings. The van der Waals surface area contributed by atoms with E-state index in [1.165, 1.54) is 37.8 Å². The van der Waals surface area contributed by atoms with Crippen molar-refractivity contribution in [1.29, 1.82) is 0 Å². The second kappa shape index (κ2) is 13.2. The van der Waals surface area contributed by atoms with Gasteiger partial charge in [0.15, 0.2) is 17.5 Å². The zero-order chi connectivity index (χ0) is 26.1. The van der Waals surface area contributed by atoms with Gasteiger partial charge in [0.1, 0.15) is 11.9 Å². The van der Waals surface area contributed by atoms with Crippen LogP contribution in [0.5, 0.6) is 5.75 Å². The number of carbonyl (C=O) groups is 2. The van der Waals surface area contributed by atoms with E-state index in [0.717, 1.165) is 31.7 Å². The minimum atomic E-state index is -0.817. The highest BCUT2D eigenvalue weighted by molar-refractivity contribution is 6.30. The Labute approximate surface area is 214 Å². The topological polar surface area (TPSA) is 106 Å². The van der Waals surface area contributed by atoms with Crippen molar-refractivity contribution in [1.82, 2.24) is 10.6 Å². The van der Waals surface area contributed by atoms with Gasteiger partial charge in [-0.3, -0.25) is 14.9 Å². The molecule has 0 radical (unpaired) electrons. The number of amides is 2. The summed E-state index contributed by atoms with van der Waals surface area (Å²) in [4.78, 5) is 29.7. The minimum Gasteiger partial charge on any atom is -0.494 e. The van der Waals surface area contributed by atoms with Gasteiger partial charge in [0.05, 0.1) is 13.5 Å². The van der Waals surface area contributed by atoms with Crippen LogP contribution in [-0.4, -0.2) is 30.9 Å². The van der Waals surface area contributed by atoms with Gasteiger partial charge in [-0.05, 0) is 47.7 Å². The molecule has 36 heavy (non-hydrogen) atoms. The highest BCUT2D eigenvalue weighted by atomic mass is 35.5. The Kier molecular flexibility index (Phi) is 10.0. The number of nitrogens with two attached hydrogens (primary N) is 1. The molecule has 0 spiro atoms. The standard InChI is InChI=1S/C26H31ClF2N4O3/c1-36-23-12-17(7-10-20(23)28)15-31-25(35)22(11-16-5-3-2-4-6-16)32-26(30)33-24(34)13-18-8-9-19(27)14-21(18)29/h7-10,12,14,16,22H,2-6,11,13,15H2,1H3,(H,31,35)(H3,30,32,33,34). The molecule has 1 atom stereocenters. The van der Waals surface area contributed by atoms with Crippen LogP contribution in [0.2, 0.25) is 5.02 Å². The van der Waals surface area contributed by atoms with Crippen LogP contribution in [0.15, 0.2) is 41.4 Å². The smallest absolute Gasteiger partial charge is 0.245 e. The molecule has 0 saturated heterocycles. The van der Waals surface area contributed by atoms with Gasteiger partial charge in [0, 0.05) is 11.6 Å². The maximum absolute atomic E-state index is 14.0. The van der Waals surface area contributed by atoms with Gasteiger partial charge < -0.3 is 15.8 Å². The van der Waals surface area contributed by atoms with Crippen LogP contribution in [0, 0.1) is 17.6 Å². The molecule has 1 saturated carbocycles. The van der Waals surface area contributed by atoms with Crippen molar-refractivity contribution in [2.45, 2.75) is 57.5 Å². The fraction of sp³-hybridized carbons (Fsp3) is 0.423. The summed E-state index contributed by atoms with van der Waals surface area (Å²) in [6.07, 6.45) is 5.58. The summed E-state index contributed by atoms with van der Waals surface area (Å²) in [5.41, 5.74) is 6.78. The first-order valence-corrected chi connectivity index (χ1v) is 12.3. The molecule has 1 fully saturated rings. The predicted molar refractivity (Wildman–Crippen MR) is 135 cm³/mol. The molecule has 0 aromatic heterocycles. The maximum atomic E-state index is 14.0. The monoisotopic (exact) mass is 520 g/mol. The van der Waals surface area contributed by atoms with Crippen LogP contribution in [0.25, 0.3) is 0 Å². The number of aliphatic imine (C=N–C) groups is 1. The lowest BCUT2D eigenvalue weighted by molar-refractivity contribution is -0.123. The van der Waals surface area contributed by atoms with E-state index in [0.29, 0.717) is 17.9 Å². The lowest BCUT2D eigenvalue weighted by Gasteiger charge is -2.24. The van der Waals surface area contributed by atoms with E-state index < -0.39 is 23.6 Å². The first-order valence-electron chi connectivity index (χ1n) is 11.9. The van der Waals surface area contributed by atoms with Crippen molar-refractivity contribution < 1.29 is 23.1 Å². The zero-order valence-corrected chi connectivity index (χ0v) is 20.9. The van der Waals surface area contributed by atoms with Gasteiger partial charge in [-0.15, -0.1) is 0 Å². The second-order valence-electron chi connectivity index (χ2n) is 8.92. The third-order valence-electron chi connectivity index (χ3n) is 6.19. The van der Waals surface area contributed by atoms with Crippen LogP contribution in [0.1, 0.15) is 49.7 Å². The molecule has 0 heterocycles. The van der Waals surface area contributed by atoms with Crippen molar-refractivity contribution in [3.8, 4) is 5.75 Å². The Morgan fingerprint density at radius 1 is 1.14 bits per heavy atom. The van der Waals surface area contributed by atoms with Gasteiger partial charge >= 0.3 is 0 Å². The summed E-state index contributed by atoms with van der Waals surface area (Å²) in [5, 5.41) is 5.49. The van der Waals surface area contributed by atoms with Crippen molar-refractivity contribution >= 4 is 29.4 Å². The molecule has 4 N–H and O–H groups in total. The summed E-state index contributed by atoms with van der Waals surface area (Å²) in [6, 6.07) is 7.57. The third kappa shape index (κ3) is 8.19. The Bertz CT molecular complexity index is 1110. The number of ether oxygens (including phenoxy) is 1. The second-order valence-corrected chi connectivity index (χ2v) is 9.35. The Balaban J connectivity index is 1.67. The lowest BCUT2D eigenvalue weighted by Crippen LogP contribution is -2.42. The maximum Gasteiger partial charge on any atom is 0.245 e. The molecule has 7 nitrogen and oxygen atoms in total. The zero-order valence-electron chi connectivity index (χ0n) is 20.2. The Morgan fingerprint density at radius 3 is 2.58 bits per heavy atom. The van der Waals surface area contributed by atoms with E-state index in [1.807, 2.05) is 0 Å². The summed E-state index contributed by atoms with van der Waals surface area (Å²) in [5.74, 6) is -1.82. The summed E-state index contributed by atoms with van der Waals surface area (Å²) in [6.45, 7) is 0.147. The molecule has 1 unspecified atom stereocenters. The lowest BCUT2D eigenvalue weighted by atomic mass is 9.84. The van der Waals surface area contributed by atoms with Gasteiger partial charge in [0.25, 0.3) is 0 Å². The molecule has 0 aliphatic heterocycles. The largest absolute Gasteiger partial charge is 0.494 e. The predicted octanol–water partition coefficient (Wildman–Crippen LogP) is 4.26. The summed E-state index contributed by atoms with van der Waals surface area (Å²) >= 11 is 5.75. The number of guanidine groups is 1. The molecular formula is C26H31ClF2N4O3. The van der Waals surface area contributed by atoms with E-state index in [9.17, 15) is 18.4 Å². The van der Waals surface area contributed by atoms with E-state index in [2.05, 4.69) is 15.6 Å². The van der Waals surface area contributed by atoms with Crippen molar-refractivity contribution in [2.24, 2.45) is 16.6 Å². The van der Waals surface area contributed by atoms with Gasteiger partial charge in [-0.1, -0.05) is 55.8 Å². The normalized spacial score (nSPS) is 15.3. The van der Waals surface area contributed by atoms with Crippen molar-refractivity contribution in [2.75, 3.05) is 7.11 Å². The molecular weight excluding hydrogens is 490 g/mol. The van der Waals surface area contributed by atoms with Crippen LogP contribution < -0.4 is 21.1 Å². The number of halogens is 3. The molecule has 2 aromatic carbocycles. The molecule has 0 bridgehead atoms. The Hall–Kier alpha value is -3.20. The number of carbonyl (C=O) groups excluding carboxylic acids is 2. The van der Waals surface area contributed by atoms with Crippen LogP contribution in [0.3, 0.4) is 0 Å². The van der Waals surface area contributed by atoms with Crippen molar-refractivity contribution in [3.63, 3.8) is 0 Å². The van der Waals surface area contributed by atoms with E-state index >= 15 is 0 Å². The van der Waals surface area contributed by atoms with Gasteiger partial charge in [-0.25, -0.2) is 13.8 Å². The van der Waals surface area contributed by atoms with Crippen LogP contribution >= 0.6 is 11.6 Å². The number of hydrogen-bond donors (Lipinski definition) is 3. The fourth-order valence-corrected chi connectivity index (χ4v) is 4.46. The highest BCUT2D eigenvalue weighted by Crippen LogP contribution is 2.28. The first-order chi connectivity index (χ1) is 17.2. The SMILES string of the molecule is COc1cc(CNC(=O)C(CC2CCCCC2)N=C(N)NC(=O)Cc2ccc(Cl)cc2F)ccc1F. The number of rotatable bonds is 9. The Morgan fingerprint density at radius 2 is 1.89 bits per heavy atom. The number of hydrogen-bond acceptors (Lipinski definition) is 4. The molecule has 10 heteroatoms. The van der Waals surface area contributed by atoms with E-state index in [1.54, 1.807) is 6.07 Å². The number of nitrogens with one attached hydrogen (secondary N) is 2. The minimum absolute atomic E-state index is 0.0857. The van der Waals surface area contributed by atoms with Crippen LogP contribution in [0.4, 0.5) is 8.78 Å². The first kappa shape index (κ1) is 27.4. The number of benzene rings is 2. The molecule has 194 valence electrons. The average Bonchev–Trinajstić information content (AvgIpc) is 2.85. The quantitative estimate of drug-likeness (QED) is 0.339. The number of nitrogens with zero attached hydrogens (tertiary/aromatic N) is 1. The summed E-state index contributed by atoms with van der Waals surface area (Å²) < 4.78 is 32.7. The average molecular weight is 521 g/mol. The van der Waals surface area contributed by atoms with Gasteiger partial charge in [0.2, 0.25) is 11.8 Å². The molecule has 1 aliphatic rings. The third-order valence-corrected chi connectivity index (χ3v) is 6.43.